The van der Waals surface area contributed by atoms with E-state index >= 15 is 0 Å². The van der Waals surface area contributed by atoms with E-state index in [1.165, 1.54) is 25.2 Å². The second-order valence-corrected chi connectivity index (χ2v) is 11.5. The Hall–Kier alpha value is -4.13. The quantitative estimate of drug-likeness (QED) is 0.149. The lowest BCUT2D eigenvalue weighted by molar-refractivity contribution is -0.385. The van der Waals surface area contributed by atoms with Gasteiger partial charge in [-0.15, -0.1) is 0 Å². The van der Waals surface area contributed by atoms with Gasteiger partial charge in [-0.2, -0.15) is 5.10 Å². The maximum atomic E-state index is 13.1. The van der Waals surface area contributed by atoms with Gasteiger partial charge in [0.1, 0.15) is 24.2 Å². The molecule has 0 spiro atoms. The minimum Gasteiger partial charge on any atom is -0.493 e. The molecule has 0 radical (unpaired) electrons. The number of rotatable bonds is 14. The highest BCUT2D eigenvalue weighted by Gasteiger charge is 2.46. The molecule has 13 heteroatoms. The molecule has 3 aliphatic heterocycles. The van der Waals surface area contributed by atoms with Gasteiger partial charge in [-0.3, -0.25) is 44.2 Å². The Morgan fingerprint density at radius 2 is 1.67 bits per heavy atom. The largest absolute Gasteiger partial charge is 0.493 e. The molecule has 5 rings (SSSR count). The van der Waals surface area contributed by atoms with Gasteiger partial charge < -0.3 is 9.64 Å². The highest BCUT2D eigenvalue weighted by molar-refractivity contribution is 6.24. The van der Waals surface area contributed by atoms with Crippen molar-refractivity contribution < 1.29 is 28.8 Å². The summed E-state index contributed by atoms with van der Waals surface area (Å²) in [5.41, 5.74) is 0.455. The lowest BCUT2D eigenvalue weighted by Crippen LogP contribution is -2.54. The molecular formula is C30H38N6O7. The monoisotopic (exact) mass is 594 g/mol. The lowest BCUT2D eigenvalue weighted by Gasteiger charge is -2.31. The van der Waals surface area contributed by atoms with Crippen molar-refractivity contribution >= 4 is 29.3 Å². The van der Waals surface area contributed by atoms with Crippen molar-refractivity contribution in [2.75, 3.05) is 26.2 Å². The van der Waals surface area contributed by atoms with Gasteiger partial charge in [0.05, 0.1) is 28.7 Å². The fourth-order valence-electron chi connectivity index (χ4n) is 6.14. The molecule has 0 saturated carbocycles. The number of hydrogen-bond acceptors (Lipinski definition) is 9. The predicted octanol–water partition coefficient (Wildman–Crippen LogP) is 3.64. The first-order valence-electron chi connectivity index (χ1n) is 15.2. The van der Waals surface area contributed by atoms with Crippen LogP contribution in [0.25, 0.3) is 0 Å². The van der Waals surface area contributed by atoms with E-state index in [1.54, 1.807) is 22.9 Å². The molecule has 1 aromatic carbocycles. The average molecular weight is 595 g/mol. The highest BCUT2D eigenvalue weighted by atomic mass is 16.6. The van der Waals surface area contributed by atoms with E-state index in [0.29, 0.717) is 12.4 Å². The Kier molecular flexibility index (Phi) is 9.80. The fourth-order valence-corrected chi connectivity index (χ4v) is 6.14. The number of nitro groups is 1. The van der Waals surface area contributed by atoms with Gasteiger partial charge in [-0.05, 0) is 50.8 Å². The first kappa shape index (κ1) is 30.3. The molecule has 0 bridgehead atoms. The maximum Gasteiger partial charge on any atom is 0.307 e. The van der Waals surface area contributed by atoms with Gasteiger partial charge in [-0.25, -0.2) is 0 Å². The second kappa shape index (κ2) is 13.9. The smallest absolute Gasteiger partial charge is 0.307 e. The first-order chi connectivity index (χ1) is 20.8. The maximum absolute atomic E-state index is 13.1. The van der Waals surface area contributed by atoms with E-state index in [1.807, 2.05) is 0 Å². The summed E-state index contributed by atoms with van der Waals surface area (Å²) in [5, 5.41) is 17.3. The topological polar surface area (TPSA) is 157 Å². The number of unbranched alkanes of at least 4 members (excludes halogenated alkanes) is 6. The average Bonchev–Trinajstić information content (AvgIpc) is 3.59. The number of carbonyl (C=O) groups is 4. The highest BCUT2D eigenvalue weighted by Crippen LogP contribution is 2.33. The van der Waals surface area contributed by atoms with Crippen molar-refractivity contribution in [1.82, 2.24) is 24.9 Å². The third-order valence-electron chi connectivity index (χ3n) is 8.54. The van der Waals surface area contributed by atoms with E-state index in [4.69, 9.17) is 4.74 Å². The number of imide groups is 2. The van der Waals surface area contributed by atoms with Crippen LogP contribution >= 0.6 is 0 Å². The molecule has 2 aromatic rings. The van der Waals surface area contributed by atoms with Crippen LogP contribution in [0.15, 0.2) is 30.6 Å². The molecule has 43 heavy (non-hydrogen) atoms. The van der Waals surface area contributed by atoms with Crippen LogP contribution in [0.3, 0.4) is 0 Å². The summed E-state index contributed by atoms with van der Waals surface area (Å²) in [6.07, 6.45) is 12.5. The molecule has 1 atom stereocenters. The van der Waals surface area contributed by atoms with Crippen LogP contribution in [-0.4, -0.2) is 80.4 Å². The molecule has 13 nitrogen and oxygen atoms in total. The molecular weight excluding hydrogens is 556 g/mol. The summed E-state index contributed by atoms with van der Waals surface area (Å²) in [6, 6.07) is 4.14. The number of carbonyl (C=O) groups excluding carboxylic acids is 4. The van der Waals surface area contributed by atoms with Gasteiger partial charge >= 0.3 is 5.69 Å². The number of piperidine rings is 2. The van der Waals surface area contributed by atoms with E-state index in [0.717, 1.165) is 69.5 Å². The number of amides is 4. The van der Waals surface area contributed by atoms with Gasteiger partial charge in [0.2, 0.25) is 11.8 Å². The molecule has 2 fully saturated rings. The number of nitrogens with one attached hydrogen (secondary N) is 1. The minimum absolute atomic E-state index is 0.0450. The SMILES string of the molecule is O=C1CCC(N2C(=O)c3cccc(OCCCCCCCCCN4CCC(n5cc([N+](=O)[O-])cn5)CC4)c3C2=O)C(=O)N1. The van der Waals surface area contributed by atoms with Gasteiger partial charge in [0.15, 0.2) is 0 Å². The van der Waals surface area contributed by atoms with Crippen molar-refractivity contribution in [3.05, 3.63) is 51.8 Å². The molecule has 0 aliphatic carbocycles. The zero-order valence-electron chi connectivity index (χ0n) is 24.2. The third-order valence-corrected chi connectivity index (χ3v) is 8.54. The van der Waals surface area contributed by atoms with Crippen LogP contribution in [0.5, 0.6) is 5.75 Å². The zero-order chi connectivity index (χ0) is 30.3. The number of ether oxygens (including phenoxy) is 1. The molecule has 230 valence electrons. The van der Waals surface area contributed by atoms with Crippen LogP contribution in [0.1, 0.15) is 97.4 Å². The molecule has 3 aliphatic rings. The molecule has 1 aromatic heterocycles. The first-order valence-corrected chi connectivity index (χ1v) is 15.2. The predicted molar refractivity (Wildman–Crippen MR) is 155 cm³/mol. The summed E-state index contributed by atoms with van der Waals surface area (Å²) in [4.78, 5) is 63.8. The van der Waals surface area contributed by atoms with Crippen LogP contribution in [0.2, 0.25) is 0 Å². The number of hydrogen-bond donors (Lipinski definition) is 1. The third kappa shape index (κ3) is 7.10. The Labute approximate surface area is 249 Å². The lowest BCUT2D eigenvalue weighted by atomic mass is 10.0. The van der Waals surface area contributed by atoms with Gasteiger partial charge in [0.25, 0.3) is 11.8 Å². The Bertz CT molecular complexity index is 1370. The Morgan fingerprint density at radius 3 is 2.37 bits per heavy atom. The summed E-state index contributed by atoms with van der Waals surface area (Å²) in [5.74, 6) is -1.78. The van der Waals surface area contributed by atoms with Crippen molar-refractivity contribution in [2.45, 2.75) is 82.7 Å². The number of benzene rings is 1. The summed E-state index contributed by atoms with van der Waals surface area (Å²) >= 11 is 0. The molecule has 4 amide bonds. The van der Waals surface area contributed by atoms with Crippen LogP contribution < -0.4 is 10.1 Å². The van der Waals surface area contributed by atoms with Crippen molar-refractivity contribution in [3.63, 3.8) is 0 Å². The Balaban J connectivity index is 0.940. The van der Waals surface area contributed by atoms with E-state index in [-0.39, 0.29) is 35.7 Å². The summed E-state index contributed by atoms with van der Waals surface area (Å²) in [6.45, 7) is 3.47. The van der Waals surface area contributed by atoms with Crippen molar-refractivity contribution in [3.8, 4) is 5.75 Å². The summed E-state index contributed by atoms with van der Waals surface area (Å²) < 4.78 is 7.65. The van der Waals surface area contributed by atoms with Crippen LogP contribution in [0, 0.1) is 10.1 Å². The van der Waals surface area contributed by atoms with Crippen molar-refractivity contribution in [2.24, 2.45) is 0 Å². The van der Waals surface area contributed by atoms with E-state index in [9.17, 15) is 29.3 Å². The second-order valence-electron chi connectivity index (χ2n) is 11.5. The fraction of sp³-hybridized carbons (Fsp3) is 0.567. The minimum atomic E-state index is -0.994. The Morgan fingerprint density at radius 1 is 0.953 bits per heavy atom. The number of nitrogens with zero attached hydrogens (tertiary/aromatic N) is 5. The van der Waals surface area contributed by atoms with E-state index in [2.05, 4.69) is 15.3 Å². The molecule has 2 saturated heterocycles. The van der Waals surface area contributed by atoms with E-state index < -0.39 is 34.6 Å². The number of aromatic nitrogens is 2. The molecule has 1 unspecified atom stereocenters. The molecule has 1 N–H and O–H groups in total. The number of fused-ring (bicyclic) bond motifs is 1. The van der Waals surface area contributed by atoms with Gasteiger partial charge in [0, 0.05) is 19.5 Å². The van der Waals surface area contributed by atoms with Crippen molar-refractivity contribution in [1.29, 1.82) is 0 Å². The normalized spacial score (nSPS) is 19.5. The van der Waals surface area contributed by atoms with Crippen LogP contribution in [0.4, 0.5) is 5.69 Å². The number of likely N-dealkylation sites (tertiary alicyclic amines) is 1. The summed E-state index contributed by atoms with van der Waals surface area (Å²) in [7, 11) is 0. The molecule has 4 heterocycles. The standard InChI is InChI=1S/C30H38N6O7/c37-26-12-11-24(28(38)32-26)35-29(39)23-9-8-10-25(27(23)30(35)40)43-18-7-5-3-1-2-4-6-15-33-16-13-21(14-17-33)34-20-22(19-31-34)36(41)42/h8-10,19-21,24H,1-7,11-18H2,(H,32,37,38). The van der Waals surface area contributed by atoms with Crippen LogP contribution in [-0.2, 0) is 9.59 Å². The zero-order valence-corrected chi connectivity index (χ0v) is 24.2. The van der Waals surface area contributed by atoms with Gasteiger partial charge in [-0.1, -0.05) is 38.2 Å².